The van der Waals surface area contributed by atoms with Gasteiger partial charge in [-0.2, -0.15) is 0 Å². The second kappa shape index (κ2) is 4.14. The molecule has 0 saturated heterocycles. The molecule has 0 radical (unpaired) electrons. The number of carbonyl (C=O) groups is 1. The lowest BCUT2D eigenvalue weighted by Crippen LogP contribution is -2.13. The van der Waals surface area contributed by atoms with Crippen LogP contribution < -0.4 is 0 Å². The fourth-order valence-electron chi connectivity index (χ4n) is 1.77. The van der Waals surface area contributed by atoms with Gasteiger partial charge in [0.2, 0.25) is 0 Å². The first-order valence-electron chi connectivity index (χ1n) is 5.23. The normalized spacial score (nSPS) is 15.6. The summed E-state index contributed by atoms with van der Waals surface area (Å²) >= 11 is 0. The highest BCUT2D eigenvalue weighted by atomic mass is 16.5. The van der Waals surface area contributed by atoms with Gasteiger partial charge in [0.05, 0.1) is 6.42 Å². The number of ketones is 1. The van der Waals surface area contributed by atoms with Crippen molar-refractivity contribution >= 4 is 5.78 Å². The molecule has 1 aromatic heterocycles. The fourth-order valence-corrected chi connectivity index (χ4v) is 1.77. The molecule has 0 amide bonds. The lowest BCUT2D eigenvalue weighted by molar-refractivity contribution is -0.122. The van der Waals surface area contributed by atoms with Crippen LogP contribution in [-0.2, 0) is 23.0 Å². The van der Waals surface area contributed by atoms with Crippen LogP contribution in [-0.4, -0.2) is 29.1 Å². The lowest BCUT2D eigenvalue weighted by atomic mass is 10.3. The number of imidazole rings is 1. The molecule has 2 rings (SSSR count). The molecule has 1 fully saturated rings. The molecule has 4 nitrogen and oxygen atoms in total. The highest BCUT2D eigenvalue weighted by molar-refractivity contribution is 5.81. The summed E-state index contributed by atoms with van der Waals surface area (Å²) in [6.45, 7) is 0.172. The monoisotopic (exact) mass is 208 g/mol. The van der Waals surface area contributed by atoms with E-state index in [-0.39, 0.29) is 12.4 Å². The molecule has 0 unspecified atom stereocenters. The summed E-state index contributed by atoms with van der Waals surface area (Å²) in [4.78, 5) is 15.7. The van der Waals surface area contributed by atoms with Gasteiger partial charge in [-0.05, 0) is 12.8 Å². The number of carbonyl (C=O) groups excluding carboxylic acids is 1. The fraction of sp³-hybridized carbons (Fsp3) is 0.636. The number of hydrogen-bond acceptors (Lipinski definition) is 3. The Morgan fingerprint density at radius 1 is 1.67 bits per heavy atom. The number of rotatable bonds is 5. The first-order chi connectivity index (χ1) is 7.22. The van der Waals surface area contributed by atoms with Crippen molar-refractivity contribution in [3.8, 4) is 0 Å². The first kappa shape index (κ1) is 10.4. The maximum absolute atomic E-state index is 11.4. The van der Waals surface area contributed by atoms with Gasteiger partial charge in [0.15, 0.2) is 5.78 Å². The summed E-state index contributed by atoms with van der Waals surface area (Å²) in [5.41, 5.74) is 1.26. The Kier molecular flexibility index (Phi) is 2.86. The zero-order valence-electron chi connectivity index (χ0n) is 9.19. The average Bonchev–Trinajstić information content (AvgIpc) is 2.96. The number of Topliss-reactive ketones (excluding diaryl/α,β-unsaturated/α-hetero) is 1. The SMILES string of the molecule is COCC(=O)Cc1ncc(C2CC2)n1C. The van der Waals surface area contributed by atoms with Gasteiger partial charge in [-0.1, -0.05) is 0 Å². The van der Waals surface area contributed by atoms with E-state index >= 15 is 0 Å². The summed E-state index contributed by atoms with van der Waals surface area (Å²) < 4.78 is 6.84. The number of nitrogens with zero attached hydrogens (tertiary/aromatic N) is 2. The van der Waals surface area contributed by atoms with Gasteiger partial charge in [0.1, 0.15) is 12.4 Å². The van der Waals surface area contributed by atoms with E-state index in [0.29, 0.717) is 12.3 Å². The highest BCUT2D eigenvalue weighted by Gasteiger charge is 2.27. The summed E-state index contributed by atoms with van der Waals surface area (Å²) in [5, 5.41) is 0. The van der Waals surface area contributed by atoms with Crippen molar-refractivity contribution in [3.63, 3.8) is 0 Å². The van der Waals surface area contributed by atoms with Gasteiger partial charge in [0, 0.05) is 32.0 Å². The van der Waals surface area contributed by atoms with E-state index in [2.05, 4.69) is 4.98 Å². The maximum atomic E-state index is 11.4. The molecule has 0 aromatic carbocycles. The van der Waals surface area contributed by atoms with Gasteiger partial charge >= 0.3 is 0 Å². The van der Waals surface area contributed by atoms with Crippen LogP contribution in [0.15, 0.2) is 6.20 Å². The first-order valence-corrected chi connectivity index (χ1v) is 5.23. The van der Waals surface area contributed by atoms with Gasteiger partial charge < -0.3 is 9.30 Å². The lowest BCUT2D eigenvalue weighted by Gasteiger charge is -2.04. The molecule has 1 saturated carbocycles. The topological polar surface area (TPSA) is 44.1 Å². The molecule has 0 N–H and O–H groups in total. The van der Waals surface area contributed by atoms with E-state index in [1.165, 1.54) is 25.6 Å². The van der Waals surface area contributed by atoms with E-state index < -0.39 is 0 Å². The van der Waals surface area contributed by atoms with Crippen molar-refractivity contribution in [2.75, 3.05) is 13.7 Å². The van der Waals surface area contributed by atoms with Crippen molar-refractivity contribution in [2.45, 2.75) is 25.2 Å². The molecular weight excluding hydrogens is 192 g/mol. The van der Waals surface area contributed by atoms with Gasteiger partial charge in [-0.25, -0.2) is 4.98 Å². The maximum Gasteiger partial charge on any atom is 0.165 e. The van der Waals surface area contributed by atoms with Gasteiger partial charge in [0.25, 0.3) is 0 Å². The standard InChI is InChI=1S/C11H16N2O2/c1-13-10(8-3-4-8)6-12-11(13)5-9(14)7-15-2/h6,8H,3-5,7H2,1-2H3. The van der Waals surface area contributed by atoms with Gasteiger partial charge in [-0.3, -0.25) is 4.79 Å². The molecule has 0 aliphatic heterocycles. The minimum Gasteiger partial charge on any atom is -0.377 e. The Morgan fingerprint density at radius 2 is 2.40 bits per heavy atom. The largest absolute Gasteiger partial charge is 0.377 e. The molecule has 4 heteroatoms. The van der Waals surface area contributed by atoms with Crippen molar-refractivity contribution in [1.29, 1.82) is 0 Å². The minimum absolute atomic E-state index is 0.0774. The molecule has 15 heavy (non-hydrogen) atoms. The third-order valence-electron chi connectivity index (χ3n) is 2.78. The molecule has 0 atom stereocenters. The van der Waals surface area contributed by atoms with E-state index in [0.717, 1.165) is 5.82 Å². The molecule has 1 aliphatic rings. The van der Waals surface area contributed by atoms with Crippen LogP contribution in [0.1, 0.15) is 30.3 Å². The smallest absolute Gasteiger partial charge is 0.165 e. The molecule has 0 bridgehead atoms. The number of aromatic nitrogens is 2. The second-order valence-corrected chi connectivity index (χ2v) is 4.08. The van der Waals surface area contributed by atoms with Crippen LogP contribution in [0.25, 0.3) is 0 Å². The van der Waals surface area contributed by atoms with E-state index in [1.54, 1.807) is 0 Å². The summed E-state index contributed by atoms with van der Waals surface area (Å²) in [6.07, 6.45) is 4.78. The Balaban J connectivity index is 2.05. The third kappa shape index (κ3) is 2.26. The second-order valence-electron chi connectivity index (χ2n) is 4.08. The molecular formula is C11H16N2O2. The predicted octanol–water partition coefficient (Wildman–Crippen LogP) is 1.06. The van der Waals surface area contributed by atoms with E-state index in [4.69, 9.17) is 4.74 Å². The summed E-state index contributed by atoms with van der Waals surface area (Å²) in [7, 11) is 3.52. The Hall–Kier alpha value is -1.16. The van der Waals surface area contributed by atoms with Crippen molar-refractivity contribution in [2.24, 2.45) is 7.05 Å². The summed E-state index contributed by atoms with van der Waals surface area (Å²) in [6, 6.07) is 0. The Bertz CT molecular complexity index is 367. The van der Waals surface area contributed by atoms with Crippen LogP contribution in [0.2, 0.25) is 0 Å². The Labute approximate surface area is 89.3 Å². The molecule has 0 spiro atoms. The van der Waals surface area contributed by atoms with Gasteiger partial charge in [-0.15, -0.1) is 0 Å². The van der Waals surface area contributed by atoms with Crippen molar-refractivity contribution in [1.82, 2.24) is 9.55 Å². The van der Waals surface area contributed by atoms with Crippen molar-refractivity contribution < 1.29 is 9.53 Å². The van der Waals surface area contributed by atoms with E-state index in [1.807, 2.05) is 17.8 Å². The van der Waals surface area contributed by atoms with Crippen LogP contribution >= 0.6 is 0 Å². The van der Waals surface area contributed by atoms with Crippen LogP contribution in [0.5, 0.6) is 0 Å². The quantitative estimate of drug-likeness (QED) is 0.726. The third-order valence-corrected chi connectivity index (χ3v) is 2.78. The zero-order valence-corrected chi connectivity index (χ0v) is 9.19. The molecule has 1 aliphatic carbocycles. The Morgan fingerprint density at radius 3 is 3.00 bits per heavy atom. The number of ether oxygens (including phenoxy) is 1. The average molecular weight is 208 g/mol. The molecule has 1 heterocycles. The number of methoxy groups -OCH3 is 1. The predicted molar refractivity (Wildman–Crippen MR) is 55.8 cm³/mol. The van der Waals surface area contributed by atoms with Crippen LogP contribution in [0, 0.1) is 0 Å². The van der Waals surface area contributed by atoms with Crippen LogP contribution in [0.4, 0.5) is 0 Å². The highest BCUT2D eigenvalue weighted by Crippen LogP contribution is 2.39. The molecule has 1 aromatic rings. The van der Waals surface area contributed by atoms with Crippen LogP contribution in [0.3, 0.4) is 0 Å². The van der Waals surface area contributed by atoms with Crippen molar-refractivity contribution in [3.05, 3.63) is 17.7 Å². The molecule has 82 valence electrons. The van der Waals surface area contributed by atoms with E-state index in [9.17, 15) is 4.79 Å². The summed E-state index contributed by atoms with van der Waals surface area (Å²) in [5.74, 6) is 1.60. The minimum atomic E-state index is 0.0774. The number of hydrogen-bond donors (Lipinski definition) is 0. The zero-order chi connectivity index (χ0) is 10.8.